The van der Waals surface area contributed by atoms with E-state index in [9.17, 15) is 44.7 Å². The number of amides is 2. The molecule has 20 heteroatoms. The van der Waals surface area contributed by atoms with Crippen LogP contribution in [-0.4, -0.2) is 107 Å². The molecule has 0 radical (unpaired) electrons. The molecule has 3 atom stereocenters. The minimum atomic E-state index is -6.13. The maximum Gasteiger partial charge on any atom is 0.501 e. The molecular weight excluding hydrogens is 1010 g/mol. The number of aliphatic hydroxyl groups excluding tert-OH is 1. The number of likely N-dealkylation sites (tertiary alicyclic amines) is 1. The summed E-state index contributed by atoms with van der Waals surface area (Å²) in [7, 11) is -11.0. The fourth-order valence-electron chi connectivity index (χ4n) is 9.39. The molecule has 2 aliphatic heterocycles. The van der Waals surface area contributed by atoms with Crippen LogP contribution in [0.25, 0.3) is 11.1 Å². The Kier molecular flexibility index (Phi) is 17.3. The van der Waals surface area contributed by atoms with Gasteiger partial charge in [0.25, 0.3) is 25.8 Å². The van der Waals surface area contributed by atoms with E-state index in [-0.39, 0.29) is 30.0 Å². The Labute approximate surface area is 428 Å². The van der Waals surface area contributed by atoms with Crippen LogP contribution < -0.4 is 25.6 Å². The van der Waals surface area contributed by atoms with E-state index in [0.717, 1.165) is 71.6 Å². The minimum Gasteiger partial charge on any atom is -0.388 e. The van der Waals surface area contributed by atoms with Crippen molar-refractivity contribution in [3.05, 3.63) is 137 Å². The largest absolute Gasteiger partial charge is 0.501 e. The Hall–Kier alpha value is -5.15. The highest BCUT2D eigenvalue weighted by molar-refractivity contribution is 7.99. The number of rotatable bonds is 21. The van der Waals surface area contributed by atoms with Gasteiger partial charge in [0.05, 0.1) is 23.2 Å². The van der Waals surface area contributed by atoms with Crippen molar-refractivity contribution in [3.63, 3.8) is 0 Å². The van der Waals surface area contributed by atoms with Gasteiger partial charge in [-0.05, 0) is 141 Å². The second-order valence-corrected chi connectivity index (χ2v) is 23.6. The van der Waals surface area contributed by atoms with Gasteiger partial charge in [-0.25, -0.2) is 21.6 Å². The summed E-state index contributed by atoms with van der Waals surface area (Å²) in [6.45, 7) is 3.12. The number of carbonyl (C=O) groups is 2. The van der Waals surface area contributed by atoms with Crippen molar-refractivity contribution in [1.82, 2.24) is 20.3 Å². The van der Waals surface area contributed by atoms with Crippen LogP contribution in [0.4, 0.5) is 24.5 Å². The van der Waals surface area contributed by atoms with Crippen LogP contribution >= 0.6 is 23.4 Å². The number of sulfone groups is 1. The Morgan fingerprint density at radius 1 is 0.819 bits per heavy atom. The number of halogens is 4. The number of piperidine rings is 1. The standard InChI is InChI=1S/C52H58ClF3N6O7S3/c53-38-16-12-35(13-17-38)45-10-4-5-11-46(45)50(64)36-24-28-62(29-25-36)41-20-14-37(15-21-41)51(65)60-72(68,69)44-22-23-47(48(32-44)71(66,67)52(54,55)56)59-40(34-70-43-8-2-1-3-9-43)31-42-7-6-27-61(42)30-26-57-49(63)33-58-39-18-19-39/h1-5,8-17,20-23,32,36,39-40,42,50,58-59,64H,6-7,18-19,24-31,33-34H2,(H,57,63)(H,60,65)/t40-,42+,50-/m1/s1. The number of alkyl halides is 3. The summed E-state index contributed by atoms with van der Waals surface area (Å²) < 4.78 is 99.0. The smallest absolute Gasteiger partial charge is 0.388 e. The van der Waals surface area contributed by atoms with Gasteiger partial charge in [-0.1, -0.05) is 66.2 Å². The van der Waals surface area contributed by atoms with Gasteiger partial charge in [0.15, 0.2) is 0 Å². The first kappa shape index (κ1) is 53.2. The predicted octanol–water partition coefficient (Wildman–Crippen LogP) is 8.66. The van der Waals surface area contributed by atoms with Gasteiger partial charge in [0.2, 0.25) is 5.91 Å². The highest BCUT2D eigenvalue weighted by atomic mass is 35.5. The molecule has 13 nitrogen and oxygen atoms in total. The summed E-state index contributed by atoms with van der Waals surface area (Å²) in [5, 5.41) is 21.3. The number of nitrogens with zero attached hydrogens (tertiary/aromatic N) is 2. The lowest BCUT2D eigenvalue weighted by Gasteiger charge is -2.36. The third-order valence-electron chi connectivity index (χ3n) is 13.5. The first-order chi connectivity index (χ1) is 34.4. The van der Waals surface area contributed by atoms with E-state index >= 15 is 0 Å². The monoisotopic (exact) mass is 1070 g/mol. The first-order valence-electron chi connectivity index (χ1n) is 24.0. The molecule has 0 bridgehead atoms. The number of hydrogen-bond acceptors (Lipinski definition) is 12. The van der Waals surface area contributed by atoms with Gasteiger partial charge in [0, 0.05) is 71.2 Å². The van der Waals surface area contributed by atoms with Crippen LogP contribution in [0.2, 0.25) is 5.02 Å². The fraction of sp³-hybridized carbons (Fsp3) is 0.385. The average Bonchev–Trinajstić information content (AvgIpc) is 4.11. The number of thioether (sulfide) groups is 1. The van der Waals surface area contributed by atoms with E-state index < -0.39 is 58.9 Å². The third kappa shape index (κ3) is 13.5. The summed E-state index contributed by atoms with van der Waals surface area (Å²) in [6.07, 6.45) is 4.77. The van der Waals surface area contributed by atoms with Crippen molar-refractivity contribution >= 4 is 66.4 Å². The number of benzene rings is 5. The van der Waals surface area contributed by atoms with Crippen molar-refractivity contribution in [2.24, 2.45) is 5.92 Å². The zero-order valence-electron chi connectivity index (χ0n) is 39.4. The second kappa shape index (κ2) is 23.4. The van der Waals surface area contributed by atoms with Crippen molar-refractivity contribution < 1.29 is 44.7 Å². The molecule has 2 heterocycles. The van der Waals surface area contributed by atoms with Crippen LogP contribution in [0.3, 0.4) is 0 Å². The Morgan fingerprint density at radius 3 is 2.21 bits per heavy atom. The number of aliphatic hydroxyl groups is 1. The van der Waals surface area contributed by atoms with Crippen molar-refractivity contribution in [1.29, 1.82) is 0 Å². The maximum atomic E-state index is 14.4. The predicted molar refractivity (Wildman–Crippen MR) is 275 cm³/mol. The lowest BCUT2D eigenvalue weighted by Crippen LogP contribution is -2.42. The summed E-state index contributed by atoms with van der Waals surface area (Å²) in [5.74, 6) is -0.884. The normalized spacial score (nSPS) is 17.8. The summed E-state index contributed by atoms with van der Waals surface area (Å²) in [4.78, 5) is 28.8. The van der Waals surface area contributed by atoms with Gasteiger partial charge >= 0.3 is 5.51 Å². The van der Waals surface area contributed by atoms with Crippen molar-refractivity contribution in [2.75, 3.05) is 55.2 Å². The Balaban J connectivity index is 0.931. The Morgan fingerprint density at radius 2 is 1.51 bits per heavy atom. The molecule has 72 heavy (non-hydrogen) atoms. The number of hydrogen-bond donors (Lipinski definition) is 5. The molecule has 384 valence electrons. The SMILES string of the molecule is O=C(CNC1CC1)NCCN1CCC[C@H]1C[C@H](CSc1ccccc1)Nc1ccc(S(=O)(=O)NC(=O)c2ccc(N3CCC([C@@H](O)c4ccccc4-c4ccc(Cl)cc4)CC3)cc2)cc1S(=O)(=O)C(F)(F)F. The molecule has 1 aliphatic carbocycles. The van der Waals surface area contributed by atoms with Crippen LogP contribution in [0.1, 0.15) is 67.0 Å². The summed E-state index contributed by atoms with van der Waals surface area (Å²) in [6, 6.07) is 32.8. The topological polar surface area (TPSA) is 177 Å². The van der Waals surface area contributed by atoms with Gasteiger partial charge < -0.3 is 26.0 Å². The second-order valence-electron chi connectivity index (χ2n) is 18.5. The van der Waals surface area contributed by atoms with Crippen LogP contribution in [-0.2, 0) is 24.7 Å². The fourth-order valence-corrected chi connectivity index (χ4v) is 12.5. The molecule has 3 fully saturated rings. The number of nitrogens with one attached hydrogen (secondary N) is 4. The lowest BCUT2D eigenvalue weighted by atomic mass is 9.84. The highest BCUT2D eigenvalue weighted by Gasteiger charge is 2.48. The van der Waals surface area contributed by atoms with Gasteiger partial charge in [-0.15, -0.1) is 11.8 Å². The molecule has 0 aromatic heterocycles. The lowest BCUT2D eigenvalue weighted by molar-refractivity contribution is -0.120. The first-order valence-corrected chi connectivity index (χ1v) is 28.4. The van der Waals surface area contributed by atoms with Gasteiger partial charge in [-0.2, -0.15) is 13.2 Å². The highest BCUT2D eigenvalue weighted by Crippen LogP contribution is 2.39. The van der Waals surface area contributed by atoms with Crippen LogP contribution in [0, 0.1) is 5.92 Å². The van der Waals surface area contributed by atoms with Gasteiger partial charge in [0.1, 0.15) is 4.90 Å². The van der Waals surface area contributed by atoms with E-state index in [2.05, 4.69) is 25.8 Å². The third-order valence-corrected chi connectivity index (χ3v) is 17.7. The maximum absolute atomic E-state index is 14.4. The molecule has 5 aromatic carbocycles. The number of anilines is 2. The number of sulfonamides is 1. The zero-order chi connectivity index (χ0) is 51.0. The van der Waals surface area contributed by atoms with Gasteiger partial charge in [-0.3, -0.25) is 14.5 Å². The molecule has 5 aromatic rings. The Bertz CT molecular complexity index is 2890. The molecule has 3 aliphatic rings. The summed E-state index contributed by atoms with van der Waals surface area (Å²) >= 11 is 7.54. The van der Waals surface area contributed by atoms with E-state index in [1.54, 1.807) is 12.1 Å². The van der Waals surface area contributed by atoms with E-state index in [1.165, 1.54) is 23.9 Å². The molecule has 5 N–H and O–H groups in total. The molecule has 0 spiro atoms. The molecule has 1 saturated carbocycles. The van der Waals surface area contributed by atoms with E-state index in [4.69, 9.17) is 11.6 Å². The van der Waals surface area contributed by atoms with Crippen LogP contribution in [0.15, 0.2) is 136 Å². The molecule has 2 saturated heterocycles. The van der Waals surface area contributed by atoms with Crippen LogP contribution in [0.5, 0.6) is 0 Å². The minimum absolute atomic E-state index is 0.0270. The molecular formula is C52H58ClF3N6O7S3. The zero-order valence-corrected chi connectivity index (χ0v) is 42.6. The number of carbonyl (C=O) groups excluding carboxylic acids is 2. The summed E-state index contributed by atoms with van der Waals surface area (Å²) in [5.41, 5.74) is -2.82. The quantitative estimate of drug-likeness (QED) is 0.0443. The van der Waals surface area contributed by atoms with Crippen molar-refractivity contribution in [2.45, 2.75) is 89.4 Å². The molecule has 2 amide bonds. The average molecular weight is 1070 g/mol. The van der Waals surface area contributed by atoms with Crippen molar-refractivity contribution in [3.8, 4) is 11.1 Å². The molecule has 0 unspecified atom stereocenters. The van der Waals surface area contributed by atoms with E-state index in [1.807, 2.05) is 83.6 Å². The molecule has 8 rings (SSSR count). The van der Waals surface area contributed by atoms with E-state index in [0.29, 0.717) is 68.3 Å².